The van der Waals surface area contributed by atoms with Gasteiger partial charge in [0.1, 0.15) is 0 Å². The molecule has 3 heteroatoms. The maximum Gasteiger partial charge on any atom is 0.265 e. The second-order valence-corrected chi connectivity index (χ2v) is 4.81. The van der Waals surface area contributed by atoms with E-state index >= 15 is 0 Å². The molecule has 0 aromatic heterocycles. The maximum atomic E-state index is 12.1. The number of hydrogen-bond acceptors (Lipinski definition) is 2. The third-order valence-electron chi connectivity index (χ3n) is 3.25. The van der Waals surface area contributed by atoms with Gasteiger partial charge < -0.3 is 0 Å². The molecule has 0 spiro atoms. The Labute approximate surface area is 103 Å². The fraction of sp³-hybridized carbons (Fsp3) is 0.500. The smallest absolute Gasteiger partial charge is 0.265 e. The molecule has 0 radical (unpaired) electrons. The summed E-state index contributed by atoms with van der Waals surface area (Å²) in [5.74, 6) is 0.0214. The fourth-order valence-corrected chi connectivity index (χ4v) is 2.19. The van der Waals surface area contributed by atoms with Crippen molar-refractivity contribution >= 4 is 5.91 Å². The van der Waals surface area contributed by atoms with E-state index in [0.29, 0.717) is 0 Å². The predicted molar refractivity (Wildman–Crippen MR) is 68.8 cm³/mol. The van der Waals surface area contributed by atoms with Crippen molar-refractivity contribution in [1.29, 1.82) is 0 Å². The summed E-state index contributed by atoms with van der Waals surface area (Å²) in [6.45, 7) is 5.93. The lowest BCUT2D eigenvalue weighted by Crippen LogP contribution is -2.45. The van der Waals surface area contributed by atoms with Crippen LogP contribution in [0.2, 0.25) is 0 Å². The van der Waals surface area contributed by atoms with Crippen LogP contribution < -0.4 is 5.43 Å². The Bertz CT molecular complexity index is 409. The topological polar surface area (TPSA) is 32.3 Å². The molecular formula is C14H20N2O. The van der Waals surface area contributed by atoms with Gasteiger partial charge in [0.2, 0.25) is 0 Å². The van der Waals surface area contributed by atoms with Crippen molar-refractivity contribution < 1.29 is 4.79 Å². The van der Waals surface area contributed by atoms with Gasteiger partial charge in [-0.25, -0.2) is 5.01 Å². The molecule has 1 saturated heterocycles. The quantitative estimate of drug-likeness (QED) is 0.849. The zero-order valence-electron chi connectivity index (χ0n) is 10.6. The summed E-state index contributed by atoms with van der Waals surface area (Å²) in [7, 11) is 0. The summed E-state index contributed by atoms with van der Waals surface area (Å²) in [6, 6.07) is 5.99. The van der Waals surface area contributed by atoms with Crippen molar-refractivity contribution in [3.05, 3.63) is 34.9 Å². The third-order valence-corrected chi connectivity index (χ3v) is 3.25. The van der Waals surface area contributed by atoms with E-state index in [-0.39, 0.29) is 5.91 Å². The van der Waals surface area contributed by atoms with E-state index in [2.05, 4.69) is 5.43 Å². The van der Waals surface area contributed by atoms with Crippen LogP contribution in [0.5, 0.6) is 0 Å². The largest absolute Gasteiger partial charge is 0.285 e. The highest BCUT2D eigenvalue weighted by Gasteiger charge is 2.15. The van der Waals surface area contributed by atoms with Gasteiger partial charge in [0.25, 0.3) is 5.91 Å². The number of benzene rings is 1. The summed E-state index contributed by atoms with van der Waals surface area (Å²) in [6.07, 6.45) is 3.62. The second-order valence-electron chi connectivity index (χ2n) is 4.81. The van der Waals surface area contributed by atoms with Crippen LogP contribution in [0.15, 0.2) is 18.2 Å². The first-order chi connectivity index (χ1) is 8.16. The van der Waals surface area contributed by atoms with Crippen LogP contribution >= 0.6 is 0 Å². The first-order valence-electron chi connectivity index (χ1n) is 6.30. The van der Waals surface area contributed by atoms with Crippen LogP contribution in [0.3, 0.4) is 0 Å². The van der Waals surface area contributed by atoms with Gasteiger partial charge in [0.05, 0.1) is 0 Å². The number of aryl methyl sites for hydroxylation is 2. The Kier molecular flexibility index (Phi) is 3.79. The monoisotopic (exact) mass is 232 g/mol. The molecular weight excluding hydrogens is 212 g/mol. The lowest BCUT2D eigenvalue weighted by Gasteiger charge is -2.27. The normalized spacial score (nSPS) is 16.8. The Hall–Kier alpha value is -1.35. The van der Waals surface area contributed by atoms with E-state index in [4.69, 9.17) is 0 Å². The number of hydrogen-bond donors (Lipinski definition) is 1. The minimum absolute atomic E-state index is 0.0214. The minimum Gasteiger partial charge on any atom is -0.285 e. The molecule has 1 N–H and O–H groups in total. The number of rotatable bonds is 2. The van der Waals surface area contributed by atoms with Crippen molar-refractivity contribution in [2.75, 3.05) is 13.1 Å². The molecule has 0 bridgehead atoms. The van der Waals surface area contributed by atoms with E-state index in [0.717, 1.165) is 29.8 Å². The first-order valence-corrected chi connectivity index (χ1v) is 6.30. The highest BCUT2D eigenvalue weighted by Crippen LogP contribution is 2.12. The molecule has 0 unspecified atom stereocenters. The van der Waals surface area contributed by atoms with Crippen LogP contribution in [-0.4, -0.2) is 24.0 Å². The lowest BCUT2D eigenvalue weighted by molar-refractivity contribution is 0.0749. The Morgan fingerprint density at radius 3 is 2.59 bits per heavy atom. The highest BCUT2D eigenvalue weighted by molar-refractivity contribution is 5.95. The Morgan fingerprint density at radius 1 is 1.18 bits per heavy atom. The summed E-state index contributed by atoms with van der Waals surface area (Å²) in [4.78, 5) is 12.1. The van der Waals surface area contributed by atoms with E-state index in [9.17, 15) is 4.79 Å². The number of piperidine rings is 1. The van der Waals surface area contributed by atoms with Crippen molar-refractivity contribution in [1.82, 2.24) is 10.4 Å². The predicted octanol–water partition coefficient (Wildman–Crippen LogP) is 2.43. The Morgan fingerprint density at radius 2 is 1.88 bits per heavy atom. The number of hydrazine groups is 1. The molecule has 1 aliphatic rings. The zero-order chi connectivity index (χ0) is 12.3. The van der Waals surface area contributed by atoms with Gasteiger partial charge in [-0.2, -0.15) is 0 Å². The standard InChI is InChI=1S/C14H20N2O/c1-11-6-7-12(2)13(10-11)14(17)15-16-8-4-3-5-9-16/h6-7,10H,3-5,8-9H2,1-2H3,(H,15,17). The number of carbonyl (C=O) groups excluding carboxylic acids is 1. The molecule has 2 rings (SSSR count). The van der Waals surface area contributed by atoms with Crippen LogP contribution in [0.1, 0.15) is 40.7 Å². The zero-order valence-corrected chi connectivity index (χ0v) is 10.6. The van der Waals surface area contributed by atoms with Crippen LogP contribution in [0, 0.1) is 13.8 Å². The van der Waals surface area contributed by atoms with E-state index in [1.807, 2.05) is 37.1 Å². The summed E-state index contributed by atoms with van der Waals surface area (Å²) in [5, 5.41) is 2.04. The molecule has 1 fully saturated rings. The number of amides is 1. The average Bonchev–Trinajstić information content (AvgIpc) is 2.33. The first kappa shape index (κ1) is 12.1. The van der Waals surface area contributed by atoms with Gasteiger partial charge in [0.15, 0.2) is 0 Å². The molecule has 1 heterocycles. The van der Waals surface area contributed by atoms with Gasteiger partial charge in [-0.05, 0) is 38.3 Å². The number of nitrogens with one attached hydrogen (secondary N) is 1. The molecule has 1 aromatic rings. The van der Waals surface area contributed by atoms with E-state index in [1.165, 1.54) is 19.3 Å². The molecule has 1 amide bonds. The molecule has 92 valence electrons. The lowest BCUT2D eigenvalue weighted by atomic mass is 10.1. The van der Waals surface area contributed by atoms with Gasteiger partial charge in [0, 0.05) is 18.7 Å². The number of carbonyl (C=O) groups is 1. The van der Waals surface area contributed by atoms with Gasteiger partial charge in [-0.1, -0.05) is 24.1 Å². The Balaban J connectivity index is 2.05. The number of nitrogens with zero attached hydrogens (tertiary/aromatic N) is 1. The van der Waals surface area contributed by atoms with Crippen LogP contribution in [-0.2, 0) is 0 Å². The van der Waals surface area contributed by atoms with Crippen molar-refractivity contribution in [2.24, 2.45) is 0 Å². The van der Waals surface area contributed by atoms with Gasteiger partial charge in [-0.3, -0.25) is 10.2 Å². The SMILES string of the molecule is Cc1ccc(C)c(C(=O)NN2CCCCC2)c1. The second kappa shape index (κ2) is 5.32. The van der Waals surface area contributed by atoms with Crippen molar-refractivity contribution in [2.45, 2.75) is 33.1 Å². The highest BCUT2D eigenvalue weighted by atomic mass is 16.2. The van der Waals surface area contributed by atoms with E-state index < -0.39 is 0 Å². The minimum atomic E-state index is 0.0214. The van der Waals surface area contributed by atoms with Crippen molar-refractivity contribution in [3.8, 4) is 0 Å². The molecule has 1 aromatic carbocycles. The third kappa shape index (κ3) is 3.07. The summed E-state index contributed by atoms with van der Waals surface area (Å²) >= 11 is 0. The summed E-state index contributed by atoms with van der Waals surface area (Å²) < 4.78 is 0. The average molecular weight is 232 g/mol. The van der Waals surface area contributed by atoms with Gasteiger partial charge in [-0.15, -0.1) is 0 Å². The van der Waals surface area contributed by atoms with Gasteiger partial charge >= 0.3 is 0 Å². The molecule has 0 aliphatic carbocycles. The molecule has 1 aliphatic heterocycles. The fourth-order valence-electron chi connectivity index (χ4n) is 2.19. The van der Waals surface area contributed by atoms with Crippen LogP contribution in [0.4, 0.5) is 0 Å². The molecule has 3 nitrogen and oxygen atoms in total. The molecule has 17 heavy (non-hydrogen) atoms. The van der Waals surface area contributed by atoms with E-state index in [1.54, 1.807) is 0 Å². The maximum absolute atomic E-state index is 12.1. The summed E-state index contributed by atoms with van der Waals surface area (Å²) in [5.41, 5.74) is 5.94. The van der Waals surface area contributed by atoms with Crippen molar-refractivity contribution in [3.63, 3.8) is 0 Å². The molecule has 0 atom stereocenters. The molecule has 0 saturated carbocycles. The van der Waals surface area contributed by atoms with Crippen LogP contribution in [0.25, 0.3) is 0 Å².